The predicted octanol–water partition coefficient (Wildman–Crippen LogP) is 2.55. The summed E-state index contributed by atoms with van der Waals surface area (Å²) in [5.41, 5.74) is 0.831. The van der Waals surface area contributed by atoms with Gasteiger partial charge in [-0.05, 0) is 30.9 Å². The zero-order chi connectivity index (χ0) is 13.2. The Balaban J connectivity index is 2.25. The monoisotopic (exact) mass is 287 g/mol. The van der Waals surface area contributed by atoms with Gasteiger partial charge in [-0.25, -0.2) is 8.42 Å². The molecule has 0 aromatic heterocycles. The first kappa shape index (κ1) is 13.7. The van der Waals surface area contributed by atoms with Crippen LogP contribution in [0.25, 0.3) is 0 Å². The molecule has 1 atom stereocenters. The van der Waals surface area contributed by atoms with Gasteiger partial charge in [-0.2, -0.15) is 0 Å². The first-order chi connectivity index (χ1) is 8.52. The number of sulfone groups is 1. The number of hydrogen-bond donors (Lipinski definition) is 0. The van der Waals surface area contributed by atoms with Gasteiger partial charge >= 0.3 is 0 Å². The fourth-order valence-corrected chi connectivity index (χ4v) is 3.68. The van der Waals surface area contributed by atoms with E-state index in [-0.39, 0.29) is 0 Å². The van der Waals surface area contributed by atoms with Gasteiger partial charge in [0.05, 0.1) is 10.6 Å². The number of halogens is 1. The molecule has 18 heavy (non-hydrogen) atoms. The van der Waals surface area contributed by atoms with E-state index in [4.69, 9.17) is 11.6 Å². The largest absolute Gasteiger partial charge is 0.370 e. The third-order valence-corrected chi connectivity index (χ3v) is 4.77. The highest BCUT2D eigenvalue weighted by Crippen LogP contribution is 2.30. The first-order valence-electron chi connectivity index (χ1n) is 6.12. The molecule has 2 rings (SSSR count). The molecule has 100 valence electrons. The van der Waals surface area contributed by atoms with Gasteiger partial charge in [0.2, 0.25) is 0 Å². The summed E-state index contributed by atoms with van der Waals surface area (Å²) in [5, 5.41) is 0. The van der Waals surface area contributed by atoms with Crippen LogP contribution in [0.5, 0.6) is 0 Å². The molecule has 1 unspecified atom stereocenters. The average Bonchev–Trinajstić information content (AvgIpc) is 2.77. The Kier molecular flexibility index (Phi) is 4.17. The van der Waals surface area contributed by atoms with E-state index in [9.17, 15) is 8.42 Å². The van der Waals surface area contributed by atoms with Crippen molar-refractivity contribution in [3.8, 4) is 0 Å². The third kappa shape index (κ3) is 2.98. The Morgan fingerprint density at radius 3 is 2.78 bits per heavy atom. The summed E-state index contributed by atoms with van der Waals surface area (Å²) in [6.07, 6.45) is 3.35. The second kappa shape index (κ2) is 5.49. The lowest BCUT2D eigenvalue weighted by Crippen LogP contribution is -2.22. The summed E-state index contributed by atoms with van der Waals surface area (Å²) in [6.45, 7) is 1.81. The van der Waals surface area contributed by atoms with E-state index in [1.54, 1.807) is 12.1 Å². The number of anilines is 1. The zero-order valence-electron chi connectivity index (χ0n) is 10.5. The van der Waals surface area contributed by atoms with Crippen molar-refractivity contribution in [3.05, 3.63) is 24.3 Å². The van der Waals surface area contributed by atoms with Gasteiger partial charge in [0.15, 0.2) is 9.84 Å². The predicted molar refractivity (Wildman–Crippen MR) is 75.2 cm³/mol. The van der Waals surface area contributed by atoms with Crippen LogP contribution in [0, 0.1) is 5.92 Å². The van der Waals surface area contributed by atoms with Crippen molar-refractivity contribution < 1.29 is 8.42 Å². The molecule has 0 saturated carbocycles. The molecule has 0 amide bonds. The molecule has 3 nitrogen and oxygen atoms in total. The van der Waals surface area contributed by atoms with Crippen LogP contribution in [-0.2, 0) is 9.84 Å². The number of benzene rings is 1. The standard InChI is InChI=1S/C13H18ClNO2S/c1-18(16,17)13-5-3-2-4-12(13)15-9-7-11(10-15)6-8-14/h2-5,11H,6-10H2,1H3. The van der Waals surface area contributed by atoms with Crippen molar-refractivity contribution in [2.24, 2.45) is 5.92 Å². The van der Waals surface area contributed by atoms with E-state index in [1.165, 1.54) is 6.26 Å². The fraction of sp³-hybridized carbons (Fsp3) is 0.538. The molecular formula is C13H18ClNO2S. The maximum Gasteiger partial charge on any atom is 0.177 e. The zero-order valence-corrected chi connectivity index (χ0v) is 12.0. The van der Waals surface area contributed by atoms with E-state index in [2.05, 4.69) is 4.90 Å². The summed E-state index contributed by atoms with van der Waals surface area (Å²) >= 11 is 5.76. The van der Waals surface area contributed by atoms with Crippen LogP contribution in [0.15, 0.2) is 29.2 Å². The van der Waals surface area contributed by atoms with Gasteiger partial charge in [-0.15, -0.1) is 11.6 Å². The van der Waals surface area contributed by atoms with Crippen molar-refractivity contribution in [2.45, 2.75) is 17.7 Å². The first-order valence-corrected chi connectivity index (χ1v) is 8.55. The van der Waals surface area contributed by atoms with Crippen LogP contribution in [-0.4, -0.2) is 33.6 Å². The minimum absolute atomic E-state index is 0.427. The molecule has 1 heterocycles. The van der Waals surface area contributed by atoms with Gasteiger partial charge in [-0.1, -0.05) is 12.1 Å². The summed E-state index contributed by atoms with van der Waals surface area (Å²) in [7, 11) is -3.17. The third-order valence-electron chi connectivity index (χ3n) is 3.41. The van der Waals surface area contributed by atoms with Crippen LogP contribution < -0.4 is 4.90 Å². The Morgan fingerprint density at radius 1 is 1.39 bits per heavy atom. The topological polar surface area (TPSA) is 37.4 Å². The normalized spacial score (nSPS) is 20.3. The summed E-state index contributed by atoms with van der Waals surface area (Å²) in [6, 6.07) is 7.23. The van der Waals surface area contributed by atoms with E-state index >= 15 is 0 Å². The lowest BCUT2D eigenvalue weighted by molar-refractivity contribution is 0.572. The quantitative estimate of drug-likeness (QED) is 0.799. The van der Waals surface area contributed by atoms with Crippen LogP contribution in [0.3, 0.4) is 0 Å². The maximum absolute atomic E-state index is 11.8. The molecule has 0 radical (unpaired) electrons. The van der Waals surface area contributed by atoms with Crippen LogP contribution in [0.2, 0.25) is 0 Å². The molecule has 1 aromatic rings. The van der Waals surface area contributed by atoms with Gasteiger partial charge < -0.3 is 4.90 Å². The highest BCUT2D eigenvalue weighted by molar-refractivity contribution is 7.90. The van der Waals surface area contributed by atoms with Crippen LogP contribution >= 0.6 is 11.6 Å². The Labute approximate surface area is 114 Å². The van der Waals surface area contributed by atoms with E-state index in [0.29, 0.717) is 16.7 Å². The highest BCUT2D eigenvalue weighted by atomic mass is 35.5. The number of para-hydroxylation sites is 1. The van der Waals surface area contributed by atoms with Gasteiger partial charge in [0, 0.05) is 25.2 Å². The Hall–Kier alpha value is -0.740. The Bertz CT molecular complexity index is 515. The molecule has 1 aromatic carbocycles. The summed E-state index contributed by atoms with van der Waals surface area (Å²) < 4.78 is 23.5. The number of rotatable bonds is 4. The molecular weight excluding hydrogens is 270 g/mol. The minimum atomic E-state index is -3.17. The van der Waals surface area contributed by atoms with Crippen molar-refractivity contribution in [3.63, 3.8) is 0 Å². The van der Waals surface area contributed by atoms with Crippen LogP contribution in [0.1, 0.15) is 12.8 Å². The van der Waals surface area contributed by atoms with Gasteiger partial charge in [0.1, 0.15) is 0 Å². The summed E-state index contributed by atoms with van der Waals surface area (Å²) in [5.74, 6) is 1.25. The Morgan fingerprint density at radius 2 is 2.11 bits per heavy atom. The second-order valence-electron chi connectivity index (χ2n) is 4.82. The summed E-state index contributed by atoms with van der Waals surface area (Å²) in [4.78, 5) is 2.59. The molecule has 1 fully saturated rings. The lowest BCUT2D eigenvalue weighted by Gasteiger charge is -2.21. The van der Waals surface area contributed by atoms with Gasteiger partial charge in [0.25, 0.3) is 0 Å². The molecule has 0 aliphatic carbocycles. The van der Waals surface area contributed by atoms with Crippen LogP contribution in [0.4, 0.5) is 5.69 Å². The maximum atomic E-state index is 11.8. The number of alkyl halides is 1. The number of hydrogen-bond acceptors (Lipinski definition) is 3. The van der Waals surface area contributed by atoms with E-state index in [0.717, 1.165) is 31.6 Å². The molecule has 1 saturated heterocycles. The van der Waals surface area contributed by atoms with Crippen molar-refractivity contribution in [1.29, 1.82) is 0 Å². The molecule has 0 spiro atoms. The van der Waals surface area contributed by atoms with Gasteiger partial charge in [-0.3, -0.25) is 0 Å². The molecule has 1 aliphatic heterocycles. The smallest absolute Gasteiger partial charge is 0.177 e. The SMILES string of the molecule is CS(=O)(=O)c1ccccc1N1CCC(CCCl)C1. The molecule has 1 aliphatic rings. The fourth-order valence-electron chi connectivity index (χ4n) is 2.47. The molecule has 0 bridgehead atoms. The average molecular weight is 288 g/mol. The van der Waals surface area contributed by atoms with Crippen molar-refractivity contribution >= 4 is 27.1 Å². The molecule has 5 heteroatoms. The highest BCUT2D eigenvalue weighted by Gasteiger charge is 2.25. The lowest BCUT2D eigenvalue weighted by atomic mass is 10.1. The van der Waals surface area contributed by atoms with Crippen molar-refractivity contribution in [2.75, 3.05) is 30.1 Å². The van der Waals surface area contributed by atoms with E-state index in [1.807, 2.05) is 12.1 Å². The minimum Gasteiger partial charge on any atom is -0.370 e. The number of nitrogens with zero attached hydrogens (tertiary/aromatic N) is 1. The molecule has 0 N–H and O–H groups in total. The second-order valence-corrected chi connectivity index (χ2v) is 7.18. The van der Waals surface area contributed by atoms with E-state index < -0.39 is 9.84 Å². The van der Waals surface area contributed by atoms with Crippen molar-refractivity contribution in [1.82, 2.24) is 0 Å².